The summed E-state index contributed by atoms with van der Waals surface area (Å²) in [6, 6.07) is 10.8. The average Bonchev–Trinajstić information content (AvgIpc) is 2.60. The number of rotatable bonds is 7. The molecule has 2 aromatic carbocycles. The van der Waals surface area contributed by atoms with E-state index >= 15 is 0 Å². The minimum Gasteiger partial charge on any atom is -0.348 e. The summed E-state index contributed by atoms with van der Waals surface area (Å²) >= 11 is 0. The first-order chi connectivity index (χ1) is 12.6. The van der Waals surface area contributed by atoms with Crippen molar-refractivity contribution in [1.29, 1.82) is 0 Å². The molecule has 0 saturated carbocycles. The first-order valence-corrected chi connectivity index (χ1v) is 10.6. The van der Waals surface area contributed by atoms with Crippen LogP contribution in [0.25, 0.3) is 0 Å². The molecule has 0 heterocycles. The summed E-state index contributed by atoms with van der Waals surface area (Å²) < 4.78 is 38.3. The highest BCUT2D eigenvalue weighted by Gasteiger charge is 2.22. The van der Waals surface area contributed by atoms with Gasteiger partial charge in [0.1, 0.15) is 12.4 Å². The highest BCUT2D eigenvalue weighted by atomic mass is 32.2. The quantitative estimate of drug-likeness (QED) is 0.785. The number of halogens is 1. The van der Waals surface area contributed by atoms with Crippen molar-refractivity contribution >= 4 is 21.6 Å². The zero-order chi connectivity index (χ0) is 20.2. The van der Waals surface area contributed by atoms with E-state index in [0.717, 1.165) is 33.8 Å². The van der Waals surface area contributed by atoms with E-state index in [0.29, 0.717) is 6.42 Å². The molecule has 27 heavy (non-hydrogen) atoms. The summed E-state index contributed by atoms with van der Waals surface area (Å²) in [4.78, 5) is 12.5. The molecule has 5 nitrogen and oxygen atoms in total. The number of anilines is 1. The summed E-state index contributed by atoms with van der Waals surface area (Å²) in [6.07, 6.45) is 1.69. The molecule has 0 radical (unpaired) electrons. The fourth-order valence-corrected chi connectivity index (χ4v) is 3.64. The Morgan fingerprint density at radius 2 is 1.74 bits per heavy atom. The third-order valence-electron chi connectivity index (χ3n) is 4.48. The fourth-order valence-electron chi connectivity index (χ4n) is 2.78. The number of aryl methyl sites for hydroxylation is 2. The molecule has 0 spiro atoms. The number of hydrogen-bond donors (Lipinski definition) is 1. The van der Waals surface area contributed by atoms with Gasteiger partial charge in [0.15, 0.2) is 0 Å². The Morgan fingerprint density at radius 1 is 1.11 bits per heavy atom. The third-order valence-corrected chi connectivity index (χ3v) is 5.62. The molecule has 0 aliphatic heterocycles. The monoisotopic (exact) mass is 392 g/mol. The van der Waals surface area contributed by atoms with E-state index in [4.69, 9.17) is 0 Å². The second kappa shape index (κ2) is 8.52. The van der Waals surface area contributed by atoms with Gasteiger partial charge in [-0.05, 0) is 61.2 Å². The number of amides is 1. The number of nitrogens with zero attached hydrogens (tertiary/aromatic N) is 1. The van der Waals surface area contributed by atoms with Gasteiger partial charge in [-0.25, -0.2) is 12.8 Å². The van der Waals surface area contributed by atoms with Crippen molar-refractivity contribution in [1.82, 2.24) is 5.32 Å². The predicted molar refractivity (Wildman–Crippen MR) is 106 cm³/mol. The molecule has 0 aliphatic rings. The summed E-state index contributed by atoms with van der Waals surface area (Å²) in [5, 5.41) is 2.89. The van der Waals surface area contributed by atoms with Gasteiger partial charge in [-0.3, -0.25) is 9.10 Å². The number of sulfonamides is 1. The Hall–Kier alpha value is -2.41. The molecule has 1 amide bonds. The molecule has 7 heteroatoms. The van der Waals surface area contributed by atoms with Crippen molar-refractivity contribution in [3.05, 3.63) is 65.0 Å². The lowest BCUT2D eigenvalue weighted by Gasteiger charge is -2.24. The van der Waals surface area contributed by atoms with Crippen molar-refractivity contribution in [3.8, 4) is 0 Å². The summed E-state index contributed by atoms with van der Waals surface area (Å²) in [7, 11) is -3.70. The highest BCUT2D eigenvalue weighted by Crippen LogP contribution is 2.21. The Labute approximate surface area is 160 Å². The first-order valence-electron chi connectivity index (χ1n) is 8.71. The van der Waals surface area contributed by atoms with Crippen molar-refractivity contribution in [2.45, 2.75) is 33.2 Å². The Bertz CT molecular complexity index is 911. The van der Waals surface area contributed by atoms with Crippen LogP contribution >= 0.6 is 0 Å². The molecule has 0 fully saturated rings. The standard InChI is InChI=1S/C20H25FN2O3S/c1-5-19(16-7-6-14(2)15(3)12-16)22-20(24)13-23(27(4,25)26)18-10-8-17(21)9-11-18/h6-12,19H,5,13H2,1-4H3,(H,22,24)/t19-/m1/s1. The second-order valence-corrected chi connectivity index (χ2v) is 8.52. The topological polar surface area (TPSA) is 66.5 Å². The van der Waals surface area contributed by atoms with Crippen molar-refractivity contribution in [2.24, 2.45) is 0 Å². The number of nitrogens with one attached hydrogen (secondary N) is 1. The van der Waals surface area contributed by atoms with Crippen LogP contribution in [0.5, 0.6) is 0 Å². The predicted octanol–water partition coefficient (Wildman–Crippen LogP) is 3.48. The molecule has 0 bridgehead atoms. The number of benzene rings is 2. The maximum absolute atomic E-state index is 13.1. The van der Waals surface area contributed by atoms with Crippen LogP contribution in [0.2, 0.25) is 0 Å². The van der Waals surface area contributed by atoms with Gasteiger partial charge in [0, 0.05) is 0 Å². The minimum absolute atomic E-state index is 0.216. The number of carbonyl (C=O) groups excluding carboxylic acids is 1. The molecule has 1 N–H and O–H groups in total. The summed E-state index contributed by atoms with van der Waals surface area (Å²) in [6.45, 7) is 5.61. The number of carbonyl (C=O) groups is 1. The smallest absolute Gasteiger partial charge is 0.241 e. The van der Waals surface area contributed by atoms with Crippen LogP contribution in [0.1, 0.15) is 36.1 Å². The zero-order valence-electron chi connectivity index (χ0n) is 16.0. The van der Waals surface area contributed by atoms with Gasteiger partial charge < -0.3 is 5.32 Å². The van der Waals surface area contributed by atoms with E-state index in [-0.39, 0.29) is 18.3 Å². The van der Waals surface area contributed by atoms with Gasteiger partial charge in [-0.1, -0.05) is 25.1 Å². The van der Waals surface area contributed by atoms with Crippen LogP contribution in [0.4, 0.5) is 10.1 Å². The maximum atomic E-state index is 13.1. The molecule has 0 saturated heterocycles. The van der Waals surface area contributed by atoms with E-state index in [1.165, 1.54) is 17.7 Å². The lowest BCUT2D eigenvalue weighted by Crippen LogP contribution is -2.41. The van der Waals surface area contributed by atoms with Crippen LogP contribution in [0, 0.1) is 19.7 Å². The van der Waals surface area contributed by atoms with Crippen molar-refractivity contribution in [2.75, 3.05) is 17.1 Å². The van der Waals surface area contributed by atoms with Crippen molar-refractivity contribution < 1.29 is 17.6 Å². The zero-order valence-corrected chi connectivity index (χ0v) is 16.8. The molecule has 146 valence electrons. The van der Waals surface area contributed by atoms with E-state index in [9.17, 15) is 17.6 Å². The largest absolute Gasteiger partial charge is 0.348 e. The van der Waals surface area contributed by atoms with Gasteiger partial charge in [-0.2, -0.15) is 0 Å². The van der Waals surface area contributed by atoms with Crippen LogP contribution in [0.15, 0.2) is 42.5 Å². The van der Waals surface area contributed by atoms with Crippen LogP contribution < -0.4 is 9.62 Å². The number of hydrogen-bond acceptors (Lipinski definition) is 3. The molecular formula is C20H25FN2O3S. The molecule has 1 atom stereocenters. The highest BCUT2D eigenvalue weighted by molar-refractivity contribution is 7.92. The SMILES string of the molecule is CC[C@@H](NC(=O)CN(c1ccc(F)cc1)S(C)(=O)=O)c1ccc(C)c(C)c1. The van der Waals surface area contributed by atoms with Gasteiger partial charge in [-0.15, -0.1) is 0 Å². The lowest BCUT2D eigenvalue weighted by molar-refractivity contribution is -0.120. The Balaban J connectivity index is 2.19. The summed E-state index contributed by atoms with van der Waals surface area (Å²) in [5.41, 5.74) is 3.51. The van der Waals surface area contributed by atoms with E-state index < -0.39 is 21.7 Å². The molecule has 0 aliphatic carbocycles. The van der Waals surface area contributed by atoms with Crippen LogP contribution in [0.3, 0.4) is 0 Å². The lowest BCUT2D eigenvalue weighted by atomic mass is 9.99. The third kappa shape index (κ3) is 5.53. The van der Waals surface area contributed by atoms with Gasteiger partial charge in [0.2, 0.25) is 15.9 Å². The normalized spacial score (nSPS) is 12.5. The minimum atomic E-state index is -3.70. The van der Waals surface area contributed by atoms with E-state index in [1.807, 2.05) is 39.0 Å². The second-order valence-electron chi connectivity index (χ2n) is 6.62. The maximum Gasteiger partial charge on any atom is 0.241 e. The first kappa shape index (κ1) is 20.9. The van der Waals surface area contributed by atoms with Crippen LogP contribution in [-0.2, 0) is 14.8 Å². The van der Waals surface area contributed by atoms with E-state index in [2.05, 4.69) is 5.32 Å². The van der Waals surface area contributed by atoms with Gasteiger partial charge in [0.05, 0.1) is 18.0 Å². The average molecular weight is 392 g/mol. The molecule has 2 rings (SSSR count). The summed E-state index contributed by atoms with van der Waals surface area (Å²) in [5.74, 6) is -0.896. The Kier molecular flexibility index (Phi) is 6.59. The van der Waals surface area contributed by atoms with Crippen LogP contribution in [-0.4, -0.2) is 27.1 Å². The van der Waals surface area contributed by atoms with E-state index in [1.54, 1.807) is 0 Å². The fraction of sp³-hybridized carbons (Fsp3) is 0.350. The van der Waals surface area contributed by atoms with Gasteiger partial charge in [0.25, 0.3) is 0 Å². The van der Waals surface area contributed by atoms with Crippen molar-refractivity contribution in [3.63, 3.8) is 0 Å². The molecule has 0 aromatic heterocycles. The molecular weight excluding hydrogens is 367 g/mol. The van der Waals surface area contributed by atoms with Gasteiger partial charge >= 0.3 is 0 Å². The molecule has 0 unspecified atom stereocenters. The Morgan fingerprint density at radius 3 is 2.26 bits per heavy atom. The molecule has 2 aromatic rings.